The molecule has 1 aromatic carbocycles. The van der Waals surface area contributed by atoms with Crippen LogP contribution in [0.25, 0.3) is 10.9 Å². The molecule has 0 bridgehead atoms. The van der Waals surface area contributed by atoms with E-state index in [4.69, 9.17) is 0 Å². The first-order valence-corrected chi connectivity index (χ1v) is 8.35. The van der Waals surface area contributed by atoms with Crippen molar-refractivity contribution in [1.29, 1.82) is 0 Å². The molecular formula is C18H21N3O3. The number of carbonyl (C=O) groups is 1. The van der Waals surface area contributed by atoms with Crippen molar-refractivity contribution in [3.05, 3.63) is 39.7 Å². The van der Waals surface area contributed by atoms with Gasteiger partial charge in [0.1, 0.15) is 5.56 Å². The van der Waals surface area contributed by atoms with Gasteiger partial charge in [0.15, 0.2) is 0 Å². The number of hydrogen-bond acceptors (Lipinski definition) is 4. The average Bonchev–Trinajstić information content (AvgIpc) is 2.88. The summed E-state index contributed by atoms with van der Waals surface area (Å²) < 4.78 is 1.97. The number of carboxylic acid groups (broad SMARTS) is 1. The van der Waals surface area contributed by atoms with Crippen molar-refractivity contribution in [3.63, 3.8) is 0 Å². The third kappa shape index (κ3) is 2.13. The summed E-state index contributed by atoms with van der Waals surface area (Å²) in [7, 11) is 2.13. The standard InChI is InChI=1S/C18H21N3O3/c1-11-9-13-15(20-7-5-19(2)6-8-20)4-3-12-16(13)21(11)10-14(17(12)22)18(23)24/h3-4,10-11H,5-9H2,1-2H3,(H,23,24). The van der Waals surface area contributed by atoms with Crippen molar-refractivity contribution in [2.75, 3.05) is 38.1 Å². The van der Waals surface area contributed by atoms with Crippen molar-refractivity contribution in [2.45, 2.75) is 19.4 Å². The molecule has 1 atom stereocenters. The first-order chi connectivity index (χ1) is 11.5. The van der Waals surface area contributed by atoms with Gasteiger partial charge in [0.25, 0.3) is 0 Å². The minimum atomic E-state index is -1.16. The quantitative estimate of drug-likeness (QED) is 0.907. The predicted molar refractivity (Wildman–Crippen MR) is 93.3 cm³/mol. The van der Waals surface area contributed by atoms with E-state index >= 15 is 0 Å². The fourth-order valence-electron chi connectivity index (χ4n) is 3.95. The van der Waals surface area contributed by atoms with E-state index in [1.807, 2.05) is 10.6 Å². The molecule has 1 saturated heterocycles. The SMILES string of the molecule is CC1Cc2c(N3CCN(C)CC3)ccc3c(=O)c(C(=O)O)cn1c23. The predicted octanol–water partition coefficient (Wildman–Crippen LogP) is 1.57. The second-order valence-corrected chi connectivity index (χ2v) is 6.89. The number of nitrogens with zero attached hydrogens (tertiary/aromatic N) is 3. The number of aromatic carboxylic acids is 1. The van der Waals surface area contributed by atoms with Crippen molar-refractivity contribution in [1.82, 2.24) is 9.47 Å². The molecule has 0 radical (unpaired) electrons. The van der Waals surface area contributed by atoms with Gasteiger partial charge in [-0.25, -0.2) is 4.79 Å². The molecule has 1 fully saturated rings. The van der Waals surface area contributed by atoms with E-state index < -0.39 is 5.97 Å². The van der Waals surface area contributed by atoms with E-state index in [1.165, 1.54) is 17.4 Å². The molecule has 0 amide bonds. The van der Waals surface area contributed by atoms with Crippen molar-refractivity contribution < 1.29 is 9.90 Å². The monoisotopic (exact) mass is 327 g/mol. The van der Waals surface area contributed by atoms with Crippen LogP contribution in [-0.4, -0.2) is 53.8 Å². The molecule has 3 heterocycles. The first-order valence-electron chi connectivity index (χ1n) is 8.35. The van der Waals surface area contributed by atoms with Crippen molar-refractivity contribution in [2.24, 2.45) is 0 Å². The van der Waals surface area contributed by atoms with Gasteiger partial charge in [-0.15, -0.1) is 0 Å². The zero-order valence-electron chi connectivity index (χ0n) is 14.0. The average molecular weight is 327 g/mol. The molecule has 2 aliphatic rings. The van der Waals surface area contributed by atoms with Crippen LogP contribution in [0.2, 0.25) is 0 Å². The summed E-state index contributed by atoms with van der Waals surface area (Å²) in [6.07, 6.45) is 2.35. The fourth-order valence-corrected chi connectivity index (χ4v) is 3.95. The lowest BCUT2D eigenvalue weighted by Crippen LogP contribution is -2.44. The van der Waals surface area contributed by atoms with Crippen molar-refractivity contribution >= 4 is 22.6 Å². The summed E-state index contributed by atoms with van der Waals surface area (Å²) in [5.41, 5.74) is 2.76. The number of anilines is 1. The van der Waals surface area contributed by atoms with Crippen LogP contribution in [-0.2, 0) is 6.42 Å². The maximum atomic E-state index is 12.5. The van der Waals surface area contributed by atoms with E-state index in [9.17, 15) is 14.7 Å². The maximum Gasteiger partial charge on any atom is 0.341 e. The largest absolute Gasteiger partial charge is 0.477 e. The van der Waals surface area contributed by atoms with E-state index in [0.717, 1.165) is 38.1 Å². The van der Waals surface area contributed by atoms with Gasteiger partial charge < -0.3 is 19.5 Å². The zero-order chi connectivity index (χ0) is 17.0. The van der Waals surface area contributed by atoms with Crippen molar-refractivity contribution in [3.8, 4) is 0 Å². The minimum Gasteiger partial charge on any atom is -0.477 e. The summed E-state index contributed by atoms with van der Waals surface area (Å²) >= 11 is 0. The Morgan fingerprint density at radius 2 is 1.92 bits per heavy atom. The molecule has 2 aromatic rings. The summed E-state index contributed by atoms with van der Waals surface area (Å²) in [5.74, 6) is -1.16. The molecule has 6 nitrogen and oxygen atoms in total. The summed E-state index contributed by atoms with van der Waals surface area (Å²) in [6, 6.07) is 3.96. The van der Waals surface area contributed by atoms with Crippen LogP contribution in [0.15, 0.2) is 23.1 Å². The highest BCUT2D eigenvalue weighted by atomic mass is 16.4. The van der Waals surface area contributed by atoms with Crippen LogP contribution in [0.5, 0.6) is 0 Å². The summed E-state index contributed by atoms with van der Waals surface area (Å²) in [6.45, 7) is 6.07. The Balaban J connectivity index is 1.91. The fraction of sp³-hybridized carbons (Fsp3) is 0.444. The maximum absolute atomic E-state index is 12.5. The van der Waals surface area contributed by atoms with Gasteiger partial charge in [0.05, 0.1) is 5.52 Å². The second-order valence-electron chi connectivity index (χ2n) is 6.89. The Morgan fingerprint density at radius 3 is 2.58 bits per heavy atom. The Morgan fingerprint density at radius 1 is 1.21 bits per heavy atom. The molecule has 2 aliphatic heterocycles. The number of pyridine rings is 1. The van der Waals surface area contributed by atoms with Crippen LogP contribution >= 0.6 is 0 Å². The molecule has 0 saturated carbocycles. The van der Waals surface area contributed by atoms with Crippen LogP contribution in [0.1, 0.15) is 28.9 Å². The molecular weight excluding hydrogens is 306 g/mol. The van der Waals surface area contributed by atoms with Gasteiger partial charge in [0.2, 0.25) is 5.43 Å². The van der Waals surface area contributed by atoms with E-state index in [0.29, 0.717) is 5.39 Å². The normalized spacial score (nSPS) is 20.8. The molecule has 1 N–H and O–H groups in total. The van der Waals surface area contributed by atoms with E-state index in [2.05, 4.69) is 23.8 Å². The number of benzene rings is 1. The first kappa shape index (κ1) is 15.2. The van der Waals surface area contributed by atoms with Gasteiger partial charge in [0, 0.05) is 55.1 Å². The number of hydrogen-bond donors (Lipinski definition) is 1. The van der Waals surface area contributed by atoms with Crippen LogP contribution in [0.3, 0.4) is 0 Å². The lowest BCUT2D eigenvalue weighted by Gasteiger charge is -2.35. The molecule has 4 rings (SSSR count). The molecule has 1 aromatic heterocycles. The number of aromatic nitrogens is 1. The van der Waals surface area contributed by atoms with Crippen LogP contribution in [0, 0.1) is 0 Å². The van der Waals surface area contributed by atoms with Gasteiger partial charge in [-0.3, -0.25) is 4.79 Å². The summed E-state index contributed by atoms with van der Waals surface area (Å²) in [5, 5.41) is 9.83. The Hall–Kier alpha value is -2.34. The molecule has 0 spiro atoms. The van der Waals surface area contributed by atoms with Gasteiger partial charge in [-0.1, -0.05) is 0 Å². The minimum absolute atomic E-state index is 0.144. The number of likely N-dealkylation sites (N-methyl/N-ethyl adjacent to an activating group) is 1. The molecule has 1 unspecified atom stereocenters. The molecule has 6 heteroatoms. The van der Waals surface area contributed by atoms with E-state index in [1.54, 1.807) is 6.07 Å². The highest BCUT2D eigenvalue weighted by molar-refractivity contribution is 5.95. The Bertz CT molecular complexity index is 894. The third-order valence-corrected chi connectivity index (χ3v) is 5.32. The summed E-state index contributed by atoms with van der Waals surface area (Å²) in [4.78, 5) is 28.6. The Labute approximate surface area is 139 Å². The van der Waals surface area contributed by atoms with Gasteiger partial charge in [-0.2, -0.15) is 0 Å². The van der Waals surface area contributed by atoms with Gasteiger partial charge in [-0.05, 0) is 32.5 Å². The molecule has 0 aliphatic carbocycles. The van der Waals surface area contributed by atoms with Gasteiger partial charge >= 0.3 is 5.97 Å². The zero-order valence-corrected chi connectivity index (χ0v) is 14.0. The lowest BCUT2D eigenvalue weighted by molar-refractivity contribution is 0.0695. The second kappa shape index (κ2) is 5.34. The molecule has 24 heavy (non-hydrogen) atoms. The highest BCUT2D eigenvalue weighted by Crippen LogP contribution is 2.37. The number of rotatable bonds is 2. The number of carboxylic acids is 1. The molecule has 126 valence electrons. The number of piperazine rings is 1. The lowest BCUT2D eigenvalue weighted by atomic mass is 10.0. The van der Waals surface area contributed by atoms with Crippen LogP contribution < -0.4 is 10.3 Å². The van der Waals surface area contributed by atoms with Crippen LogP contribution in [0.4, 0.5) is 5.69 Å². The van der Waals surface area contributed by atoms with E-state index in [-0.39, 0.29) is 17.0 Å². The topological polar surface area (TPSA) is 65.8 Å². The Kier molecular flexibility index (Phi) is 3.38. The third-order valence-electron chi connectivity index (χ3n) is 5.32. The smallest absolute Gasteiger partial charge is 0.341 e. The highest BCUT2D eigenvalue weighted by Gasteiger charge is 2.28.